The minimum absolute atomic E-state index is 0.265. The first-order valence-corrected chi connectivity index (χ1v) is 10.2. The molecule has 0 fully saturated rings. The minimum atomic E-state index is -0.265. The fourth-order valence-electron chi connectivity index (χ4n) is 3.44. The Morgan fingerprint density at radius 1 is 0.964 bits per heavy atom. The van der Waals surface area contributed by atoms with Gasteiger partial charge < -0.3 is 14.0 Å². The summed E-state index contributed by atoms with van der Waals surface area (Å²) in [4.78, 5) is 0. The molecular formula is C22H19N3O2S. The lowest BCUT2D eigenvalue weighted by Gasteiger charge is -2.25. The predicted octanol–water partition coefficient (Wildman–Crippen LogP) is 4.77. The van der Waals surface area contributed by atoms with Gasteiger partial charge in [-0.3, -0.25) is 0 Å². The second-order valence-electron chi connectivity index (χ2n) is 6.69. The third kappa shape index (κ3) is 3.10. The van der Waals surface area contributed by atoms with Crippen molar-refractivity contribution in [1.82, 2.24) is 14.8 Å². The van der Waals surface area contributed by atoms with Crippen molar-refractivity contribution in [2.45, 2.75) is 17.0 Å². The molecular weight excluding hydrogens is 370 g/mol. The fraction of sp³-hybridized carbons (Fsp3) is 0.182. The van der Waals surface area contributed by atoms with Crippen LogP contribution in [-0.4, -0.2) is 21.4 Å². The van der Waals surface area contributed by atoms with Crippen LogP contribution < -0.4 is 9.47 Å². The largest absolute Gasteiger partial charge is 0.485 e. The molecule has 1 unspecified atom stereocenters. The number of hydrogen-bond acceptors (Lipinski definition) is 5. The van der Waals surface area contributed by atoms with E-state index in [-0.39, 0.29) is 6.10 Å². The van der Waals surface area contributed by atoms with Gasteiger partial charge in [0, 0.05) is 12.8 Å². The summed E-state index contributed by atoms with van der Waals surface area (Å²) >= 11 is 1.68. The number of benzene rings is 3. The number of fused-ring (bicyclic) bond motifs is 2. The van der Waals surface area contributed by atoms with Gasteiger partial charge in [0.2, 0.25) is 0 Å². The summed E-state index contributed by atoms with van der Waals surface area (Å²) < 4.78 is 13.9. The van der Waals surface area contributed by atoms with Gasteiger partial charge in [-0.1, -0.05) is 66.4 Å². The van der Waals surface area contributed by atoms with E-state index < -0.39 is 0 Å². The summed E-state index contributed by atoms with van der Waals surface area (Å²) in [5.74, 6) is 3.12. The monoisotopic (exact) mass is 389 g/mol. The van der Waals surface area contributed by atoms with Gasteiger partial charge in [0.1, 0.15) is 6.61 Å². The maximum absolute atomic E-state index is 6.07. The molecule has 140 valence electrons. The van der Waals surface area contributed by atoms with E-state index in [0.717, 1.165) is 28.2 Å². The quantitative estimate of drug-likeness (QED) is 0.471. The van der Waals surface area contributed by atoms with Gasteiger partial charge in [0.05, 0.1) is 0 Å². The van der Waals surface area contributed by atoms with Gasteiger partial charge in [-0.25, -0.2) is 0 Å². The summed E-state index contributed by atoms with van der Waals surface area (Å²) in [6.45, 7) is 0.428. The highest BCUT2D eigenvalue weighted by Gasteiger charge is 2.27. The molecule has 28 heavy (non-hydrogen) atoms. The van der Waals surface area contributed by atoms with Crippen LogP contribution in [0.4, 0.5) is 0 Å². The molecule has 0 amide bonds. The lowest BCUT2D eigenvalue weighted by molar-refractivity contribution is 0.0825. The molecule has 0 aliphatic carbocycles. The standard InChI is InChI=1S/C22H19N3O2S/c1-25-21(20-13-26-18-11-4-5-12-19(18)27-20)23-24-22(25)28-14-16-9-6-8-15-7-2-3-10-17(15)16/h2-12,20H,13-14H2,1H3. The topological polar surface area (TPSA) is 49.2 Å². The maximum Gasteiger partial charge on any atom is 0.192 e. The number of nitrogens with zero attached hydrogens (tertiary/aromatic N) is 3. The molecule has 5 nitrogen and oxygen atoms in total. The van der Waals surface area contributed by atoms with Crippen molar-refractivity contribution in [3.05, 3.63) is 78.1 Å². The zero-order chi connectivity index (χ0) is 18.9. The number of aromatic nitrogens is 3. The smallest absolute Gasteiger partial charge is 0.192 e. The first-order chi connectivity index (χ1) is 13.8. The molecule has 0 saturated heterocycles. The van der Waals surface area contributed by atoms with Crippen LogP contribution in [0.5, 0.6) is 11.5 Å². The van der Waals surface area contributed by atoms with Gasteiger partial charge in [-0.15, -0.1) is 10.2 Å². The lowest BCUT2D eigenvalue weighted by atomic mass is 10.1. The van der Waals surface area contributed by atoms with Gasteiger partial charge in [0.25, 0.3) is 0 Å². The minimum Gasteiger partial charge on any atom is -0.485 e. The van der Waals surface area contributed by atoms with Gasteiger partial charge in [-0.2, -0.15) is 0 Å². The van der Waals surface area contributed by atoms with E-state index in [4.69, 9.17) is 9.47 Å². The number of rotatable bonds is 4. The summed E-state index contributed by atoms with van der Waals surface area (Å²) in [6, 6.07) is 22.6. The Balaban J connectivity index is 1.35. The molecule has 2 heterocycles. The van der Waals surface area contributed by atoms with Crippen molar-refractivity contribution >= 4 is 22.5 Å². The van der Waals surface area contributed by atoms with Crippen molar-refractivity contribution in [3.8, 4) is 11.5 Å². The van der Waals surface area contributed by atoms with Crippen molar-refractivity contribution in [3.63, 3.8) is 0 Å². The van der Waals surface area contributed by atoms with Gasteiger partial charge in [0.15, 0.2) is 28.6 Å². The van der Waals surface area contributed by atoms with E-state index in [0.29, 0.717) is 6.61 Å². The fourth-order valence-corrected chi connectivity index (χ4v) is 4.36. The molecule has 0 spiro atoms. The first-order valence-electron chi connectivity index (χ1n) is 9.17. The molecule has 1 aromatic heterocycles. The highest BCUT2D eigenvalue weighted by Crippen LogP contribution is 2.36. The van der Waals surface area contributed by atoms with Crippen molar-refractivity contribution in [1.29, 1.82) is 0 Å². The molecule has 0 radical (unpaired) electrons. The number of para-hydroxylation sites is 2. The normalized spacial score (nSPS) is 15.7. The Morgan fingerprint density at radius 2 is 1.75 bits per heavy atom. The van der Waals surface area contributed by atoms with Gasteiger partial charge in [-0.05, 0) is 28.5 Å². The van der Waals surface area contributed by atoms with Crippen LogP contribution in [0.25, 0.3) is 10.8 Å². The van der Waals surface area contributed by atoms with Crippen LogP contribution in [0.2, 0.25) is 0 Å². The summed E-state index contributed by atoms with van der Waals surface area (Å²) in [6.07, 6.45) is -0.265. The average Bonchev–Trinajstić information content (AvgIpc) is 3.12. The van der Waals surface area contributed by atoms with Gasteiger partial charge >= 0.3 is 0 Å². The number of ether oxygens (including phenoxy) is 2. The molecule has 0 bridgehead atoms. The van der Waals surface area contributed by atoms with Crippen molar-refractivity contribution in [2.24, 2.45) is 7.05 Å². The third-order valence-corrected chi connectivity index (χ3v) is 5.97. The molecule has 4 aromatic rings. The molecule has 1 aliphatic heterocycles. The second-order valence-corrected chi connectivity index (χ2v) is 7.63. The SMILES string of the molecule is Cn1c(SCc2cccc3ccccc23)nnc1C1COc2ccccc2O1. The molecule has 6 heteroatoms. The van der Waals surface area contributed by atoms with Crippen molar-refractivity contribution < 1.29 is 9.47 Å². The zero-order valence-electron chi connectivity index (χ0n) is 15.4. The van der Waals surface area contributed by atoms with Crippen LogP contribution in [0.3, 0.4) is 0 Å². The third-order valence-electron chi connectivity index (χ3n) is 4.90. The number of hydrogen-bond donors (Lipinski definition) is 0. The number of thioether (sulfide) groups is 1. The molecule has 1 atom stereocenters. The Labute approximate surface area is 167 Å². The Hall–Kier alpha value is -2.99. The maximum atomic E-state index is 6.07. The Morgan fingerprint density at radius 3 is 2.68 bits per heavy atom. The van der Waals surface area contributed by atoms with E-state index in [1.807, 2.05) is 35.9 Å². The average molecular weight is 389 g/mol. The van der Waals surface area contributed by atoms with E-state index >= 15 is 0 Å². The Kier molecular flexibility index (Phi) is 4.41. The van der Waals surface area contributed by atoms with E-state index in [9.17, 15) is 0 Å². The van der Waals surface area contributed by atoms with Crippen LogP contribution in [0, 0.1) is 0 Å². The molecule has 5 rings (SSSR count). The molecule has 0 saturated carbocycles. The van der Waals surface area contributed by atoms with Crippen LogP contribution in [-0.2, 0) is 12.8 Å². The van der Waals surface area contributed by atoms with E-state index in [1.54, 1.807) is 11.8 Å². The van der Waals surface area contributed by atoms with Crippen molar-refractivity contribution in [2.75, 3.05) is 6.61 Å². The van der Waals surface area contributed by atoms with Crippen LogP contribution in [0.15, 0.2) is 71.9 Å². The van der Waals surface area contributed by atoms with E-state index in [2.05, 4.69) is 52.7 Å². The molecule has 1 aliphatic rings. The summed E-state index contributed by atoms with van der Waals surface area (Å²) in [5.41, 5.74) is 1.29. The van der Waals surface area contributed by atoms with Crippen LogP contribution in [0.1, 0.15) is 17.5 Å². The predicted molar refractivity (Wildman–Crippen MR) is 110 cm³/mol. The van der Waals surface area contributed by atoms with E-state index in [1.165, 1.54) is 16.3 Å². The second kappa shape index (κ2) is 7.20. The lowest BCUT2D eigenvalue weighted by Crippen LogP contribution is -2.24. The Bertz CT molecular complexity index is 1140. The summed E-state index contributed by atoms with van der Waals surface area (Å²) in [5, 5.41) is 12.2. The highest BCUT2D eigenvalue weighted by atomic mass is 32.2. The molecule has 3 aromatic carbocycles. The summed E-state index contributed by atoms with van der Waals surface area (Å²) in [7, 11) is 1.98. The zero-order valence-corrected chi connectivity index (χ0v) is 16.2. The molecule has 0 N–H and O–H groups in total. The highest BCUT2D eigenvalue weighted by molar-refractivity contribution is 7.98. The first kappa shape index (κ1) is 17.1. The van der Waals surface area contributed by atoms with Crippen LogP contribution >= 0.6 is 11.8 Å².